The standard InChI is InChI=1S/C18H15Cl2N3O3S/c1-11-4-2-3-5-15(11)25-10-17-22-23(18(27)26-17)9-16(24)21-14-8-12(19)6-7-13(14)20/h2-8H,9-10H2,1H3,(H,21,24). The van der Waals surface area contributed by atoms with E-state index in [1.165, 1.54) is 4.68 Å². The van der Waals surface area contributed by atoms with Gasteiger partial charge in [0.05, 0.1) is 10.7 Å². The first-order valence-electron chi connectivity index (χ1n) is 7.92. The molecule has 1 heterocycles. The number of rotatable bonds is 6. The van der Waals surface area contributed by atoms with E-state index < -0.39 is 0 Å². The zero-order chi connectivity index (χ0) is 19.4. The van der Waals surface area contributed by atoms with Gasteiger partial charge in [-0.3, -0.25) is 4.79 Å². The fraction of sp³-hybridized carbons (Fsp3) is 0.167. The summed E-state index contributed by atoms with van der Waals surface area (Å²) in [5, 5.41) is 7.68. The number of aryl methyl sites for hydroxylation is 1. The molecule has 0 bridgehead atoms. The van der Waals surface area contributed by atoms with E-state index in [-0.39, 0.29) is 29.8 Å². The molecule has 0 aliphatic heterocycles. The van der Waals surface area contributed by atoms with Gasteiger partial charge in [0, 0.05) is 5.02 Å². The predicted octanol–water partition coefficient (Wildman–Crippen LogP) is 5.04. The van der Waals surface area contributed by atoms with Gasteiger partial charge in [0.2, 0.25) is 5.91 Å². The molecular formula is C18H15Cl2N3O3S. The molecule has 27 heavy (non-hydrogen) atoms. The molecule has 6 nitrogen and oxygen atoms in total. The van der Waals surface area contributed by atoms with Crippen LogP contribution in [0.2, 0.25) is 10.0 Å². The van der Waals surface area contributed by atoms with Crippen LogP contribution in [0.5, 0.6) is 5.75 Å². The van der Waals surface area contributed by atoms with Gasteiger partial charge in [-0.1, -0.05) is 41.4 Å². The number of para-hydroxylation sites is 1. The van der Waals surface area contributed by atoms with Gasteiger partial charge < -0.3 is 14.5 Å². The summed E-state index contributed by atoms with van der Waals surface area (Å²) in [7, 11) is 0. The number of carbonyl (C=O) groups excluding carboxylic acids is 1. The summed E-state index contributed by atoms with van der Waals surface area (Å²) < 4.78 is 12.3. The number of anilines is 1. The summed E-state index contributed by atoms with van der Waals surface area (Å²) in [4.78, 5) is 12.3. The molecule has 0 aliphatic rings. The number of amides is 1. The van der Waals surface area contributed by atoms with Crippen LogP contribution in [0.25, 0.3) is 0 Å². The molecule has 3 aromatic rings. The van der Waals surface area contributed by atoms with Crippen molar-refractivity contribution in [1.82, 2.24) is 9.78 Å². The topological polar surface area (TPSA) is 69.3 Å². The summed E-state index contributed by atoms with van der Waals surface area (Å²) in [5.41, 5.74) is 1.40. The van der Waals surface area contributed by atoms with Gasteiger partial charge in [-0.05, 0) is 49.0 Å². The van der Waals surface area contributed by atoms with E-state index in [9.17, 15) is 4.79 Å². The smallest absolute Gasteiger partial charge is 0.287 e. The summed E-state index contributed by atoms with van der Waals surface area (Å²) >= 11 is 17.1. The van der Waals surface area contributed by atoms with Gasteiger partial charge in [-0.15, -0.1) is 5.10 Å². The van der Waals surface area contributed by atoms with Crippen LogP contribution in [0.3, 0.4) is 0 Å². The normalized spacial score (nSPS) is 10.6. The molecule has 0 unspecified atom stereocenters. The Kier molecular flexibility index (Phi) is 6.15. The number of nitrogens with zero attached hydrogens (tertiary/aromatic N) is 2. The van der Waals surface area contributed by atoms with Crippen LogP contribution < -0.4 is 10.1 Å². The van der Waals surface area contributed by atoms with Crippen molar-refractivity contribution in [3.05, 3.63) is 68.8 Å². The van der Waals surface area contributed by atoms with Crippen LogP contribution in [0.1, 0.15) is 11.5 Å². The van der Waals surface area contributed by atoms with E-state index in [0.29, 0.717) is 15.7 Å². The van der Waals surface area contributed by atoms with E-state index in [1.54, 1.807) is 18.2 Å². The minimum atomic E-state index is -0.366. The van der Waals surface area contributed by atoms with Gasteiger partial charge in [0.1, 0.15) is 12.3 Å². The lowest BCUT2D eigenvalue weighted by Gasteiger charge is -2.07. The third-order valence-corrected chi connectivity index (χ3v) is 4.45. The Morgan fingerprint density at radius 3 is 2.85 bits per heavy atom. The predicted molar refractivity (Wildman–Crippen MR) is 106 cm³/mol. The van der Waals surface area contributed by atoms with E-state index in [2.05, 4.69) is 10.4 Å². The monoisotopic (exact) mass is 423 g/mol. The van der Waals surface area contributed by atoms with Crippen molar-refractivity contribution >= 4 is 47.0 Å². The Hall–Kier alpha value is -2.35. The summed E-state index contributed by atoms with van der Waals surface area (Å²) in [5.74, 6) is 0.633. The van der Waals surface area contributed by atoms with Crippen molar-refractivity contribution in [3.8, 4) is 5.75 Å². The zero-order valence-electron chi connectivity index (χ0n) is 14.2. The van der Waals surface area contributed by atoms with Crippen LogP contribution in [0, 0.1) is 11.8 Å². The molecule has 0 atom stereocenters. The van der Waals surface area contributed by atoms with Gasteiger partial charge in [0.15, 0.2) is 6.61 Å². The van der Waals surface area contributed by atoms with E-state index in [4.69, 9.17) is 44.6 Å². The molecule has 2 aromatic carbocycles. The SMILES string of the molecule is Cc1ccccc1OCc1nn(CC(=O)Nc2cc(Cl)ccc2Cl)c(=S)o1. The van der Waals surface area contributed by atoms with Gasteiger partial charge in [-0.25, -0.2) is 4.68 Å². The average Bonchev–Trinajstić information content (AvgIpc) is 2.97. The van der Waals surface area contributed by atoms with Crippen molar-refractivity contribution in [2.45, 2.75) is 20.1 Å². The van der Waals surface area contributed by atoms with Crippen molar-refractivity contribution in [1.29, 1.82) is 0 Å². The third-order valence-electron chi connectivity index (χ3n) is 3.59. The van der Waals surface area contributed by atoms with Crippen molar-refractivity contribution in [3.63, 3.8) is 0 Å². The molecule has 0 aliphatic carbocycles. The van der Waals surface area contributed by atoms with E-state index in [0.717, 1.165) is 11.3 Å². The summed E-state index contributed by atoms with van der Waals surface area (Å²) in [6, 6.07) is 12.4. The molecule has 0 saturated carbocycles. The Morgan fingerprint density at radius 2 is 2.07 bits per heavy atom. The van der Waals surface area contributed by atoms with Crippen molar-refractivity contribution in [2.24, 2.45) is 0 Å². The lowest BCUT2D eigenvalue weighted by Crippen LogP contribution is -2.20. The Morgan fingerprint density at radius 1 is 1.30 bits per heavy atom. The maximum atomic E-state index is 12.2. The Labute approximate surface area is 170 Å². The number of nitrogens with one attached hydrogen (secondary N) is 1. The number of benzene rings is 2. The van der Waals surface area contributed by atoms with Gasteiger partial charge in [0.25, 0.3) is 10.7 Å². The first kappa shape index (κ1) is 19.4. The second-order valence-electron chi connectivity index (χ2n) is 5.65. The lowest BCUT2D eigenvalue weighted by atomic mass is 10.2. The maximum absolute atomic E-state index is 12.2. The molecule has 0 spiro atoms. The molecule has 1 aromatic heterocycles. The highest BCUT2D eigenvalue weighted by atomic mass is 35.5. The first-order valence-corrected chi connectivity index (χ1v) is 9.09. The molecule has 9 heteroatoms. The van der Waals surface area contributed by atoms with E-state index in [1.807, 2.05) is 31.2 Å². The number of halogens is 2. The average molecular weight is 424 g/mol. The van der Waals surface area contributed by atoms with Crippen molar-refractivity contribution < 1.29 is 13.9 Å². The van der Waals surface area contributed by atoms with Crippen LogP contribution in [-0.4, -0.2) is 15.7 Å². The zero-order valence-corrected chi connectivity index (χ0v) is 16.6. The molecule has 0 radical (unpaired) electrons. The third kappa shape index (κ3) is 5.09. The van der Waals surface area contributed by atoms with E-state index >= 15 is 0 Å². The highest BCUT2D eigenvalue weighted by Gasteiger charge is 2.12. The largest absolute Gasteiger partial charge is 0.484 e. The second kappa shape index (κ2) is 8.56. The molecule has 1 N–H and O–H groups in total. The van der Waals surface area contributed by atoms with Crippen LogP contribution in [0.4, 0.5) is 5.69 Å². The first-order chi connectivity index (χ1) is 12.9. The number of carbonyl (C=O) groups is 1. The fourth-order valence-electron chi connectivity index (χ4n) is 2.28. The Bertz CT molecular complexity index is 1030. The molecular weight excluding hydrogens is 409 g/mol. The molecule has 140 valence electrons. The minimum Gasteiger partial charge on any atom is -0.484 e. The summed E-state index contributed by atoms with van der Waals surface area (Å²) in [6.45, 7) is 1.91. The number of aromatic nitrogens is 2. The molecule has 0 saturated heterocycles. The molecule has 0 fully saturated rings. The highest BCUT2D eigenvalue weighted by molar-refractivity contribution is 7.71. The van der Waals surface area contributed by atoms with Crippen LogP contribution in [-0.2, 0) is 17.9 Å². The van der Waals surface area contributed by atoms with Crippen LogP contribution in [0.15, 0.2) is 46.9 Å². The molecule has 1 amide bonds. The van der Waals surface area contributed by atoms with Crippen molar-refractivity contribution in [2.75, 3.05) is 5.32 Å². The lowest BCUT2D eigenvalue weighted by molar-refractivity contribution is -0.117. The Balaban J connectivity index is 1.64. The van der Waals surface area contributed by atoms with Crippen LogP contribution >= 0.6 is 35.4 Å². The highest BCUT2D eigenvalue weighted by Crippen LogP contribution is 2.25. The summed E-state index contributed by atoms with van der Waals surface area (Å²) in [6.07, 6.45) is 0. The minimum absolute atomic E-state index is 0.0747. The second-order valence-corrected chi connectivity index (χ2v) is 6.84. The molecule has 3 rings (SSSR count). The van der Waals surface area contributed by atoms with Gasteiger partial charge >= 0.3 is 0 Å². The maximum Gasteiger partial charge on any atom is 0.287 e. The number of hydrogen-bond donors (Lipinski definition) is 1. The van der Waals surface area contributed by atoms with Gasteiger partial charge in [-0.2, -0.15) is 0 Å². The number of hydrogen-bond acceptors (Lipinski definition) is 5. The quantitative estimate of drug-likeness (QED) is 0.562. The fourth-order valence-corrected chi connectivity index (χ4v) is 2.82. The number of ether oxygens (including phenoxy) is 1.